The Morgan fingerprint density at radius 3 is 2.47 bits per heavy atom. The van der Waals surface area contributed by atoms with Gasteiger partial charge in [0.25, 0.3) is 0 Å². The topological polar surface area (TPSA) is 58.9 Å². The van der Waals surface area contributed by atoms with Crippen molar-refractivity contribution >= 4 is 5.82 Å². The minimum Gasteiger partial charge on any atom is -0.366 e. The standard InChI is InChI=1S/C23H27FN6/c1-15-11-25-29(2)23(15)21-7-8-22(28-27-21)26-19-9-17-13-30(14-18(17)10-19)12-16-5-3-4-6-20(16)24/h3-8,11,17-19H,9-10,12-14H2,1-2H3,(H,26,28)/t17-,18+,19-. The smallest absolute Gasteiger partial charge is 0.148 e. The number of hydrogen-bond donors (Lipinski definition) is 1. The lowest BCUT2D eigenvalue weighted by Crippen LogP contribution is -2.25. The van der Waals surface area contributed by atoms with Gasteiger partial charge in [-0.05, 0) is 55.4 Å². The van der Waals surface area contributed by atoms with E-state index in [1.165, 1.54) is 0 Å². The number of aromatic nitrogens is 4. The molecule has 3 atom stereocenters. The maximum absolute atomic E-state index is 13.9. The summed E-state index contributed by atoms with van der Waals surface area (Å²) < 4.78 is 15.8. The summed E-state index contributed by atoms with van der Waals surface area (Å²) in [5.41, 5.74) is 3.73. The summed E-state index contributed by atoms with van der Waals surface area (Å²) in [5, 5.41) is 16.7. The monoisotopic (exact) mass is 406 g/mol. The van der Waals surface area contributed by atoms with Gasteiger partial charge < -0.3 is 5.32 Å². The summed E-state index contributed by atoms with van der Waals surface area (Å²) in [6, 6.07) is 11.5. The van der Waals surface area contributed by atoms with Crippen molar-refractivity contribution in [3.63, 3.8) is 0 Å². The van der Waals surface area contributed by atoms with E-state index in [0.29, 0.717) is 24.4 Å². The van der Waals surface area contributed by atoms with Crippen LogP contribution < -0.4 is 5.32 Å². The average molecular weight is 407 g/mol. The lowest BCUT2D eigenvalue weighted by Gasteiger charge is -2.20. The molecule has 5 rings (SSSR count). The predicted molar refractivity (Wildman–Crippen MR) is 114 cm³/mol. The van der Waals surface area contributed by atoms with E-state index >= 15 is 0 Å². The zero-order valence-corrected chi connectivity index (χ0v) is 17.4. The van der Waals surface area contributed by atoms with E-state index in [4.69, 9.17) is 0 Å². The maximum Gasteiger partial charge on any atom is 0.148 e. The molecule has 1 aliphatic carbocycles. The highest BCUT2D eigenvalue weighted by Crippen LogP contribution is 2.39. The van der Waals surface area contributed by atoms with Crippen molar-refractivity contribution in [2.75, 3.05) is 18.4 Å². The molecule has 7 heteroatoms. The van der Waals surface area contributed by atoms with E-state index in [0.717, 1.165) is 54.3 Å². The van der Waals surface area contributed by atoms with Gasteiger partial charge >= 0.3 is 0 Å². The lowest BCUT2D eigenvalue weighted by molar-refractivity contribution is 0.296. The first-order valence-electron chi connectivity index (χ1n) is 10.6. The third kappa shape index (κ3) is 3.69. The second-order valence-electron chi connectivity index (χ2n) is 8.72. The number of halogens is 1. The molecule has 2 aromatic heterocycles. The van der Waals surface area contributed by atoms with E-state index in [2.05, 4.69) is 25.5 Å². The van der Waals surface area contributed by atoms with Crippen LogP contribution in [0.1, 0.15) is 24.0 Å². The first-order chi connectivity index (χ1) is 14.6. The highest BCUT2D eigenvalue weighted by molar-refractivity contribution is 5.59. The fraction of sp³-hybridized carbons (Fsp3) is 0.435. The highest BCUT2D eigenvalue weighted by atomic mass is 19.1. The minimum absolute atomic E-state index is 0.0996. The first kappa shape index (κ1) is 19.2. The van der Waals surface area contributed by atoms with Gasteiger partial charge in [0, 0.05) is 38.3 Å². The third-order valence-corrected chi connectivity index (χ3v) is 6.56. The van der Waals surface area contributed by atoms with Crippen LogP contribution >= 0.6 is 0 Å². The van der Waals surface area contributed by atoms with Gasteiger partial charge in [-0.2, -0.15) is 5.10 Å². The van der Waals surface area contributed by atoms with Gasteiger partial charge in [0.15, 0.2) is 0 Å². The van der Waals surface area contributed by atoms with Gasteiger partial charge in [0.1, 0.15) is 17.3 Å². The van der Waals surface area contributed by atoms with Crippen LogP contribution in [0.5, 0.6) is 0 Å². The Labute approximate surface area is 176 Å². The minimum atomic E-state index is -0.0996. The Balaban J connectivity index is 1.17. The van der Waals surface area contributed by atoms with Crippen molar-refractivity contribution < 1.29 is 4.39 Å². The molecule has 0 spiro atoms. The van der Waals surface area contributed by atoms with Crippen LogP contribution in [-0.4, -0.2) is 44.0 Å². The van der Waals surface area contributed by atoms with Crippen molar-refractivity contribution in [3.05, 3.63) is 59.5 Å². The molecule has 0 amide bonds. The molecule has 1 saturated heterocycles. The summed E-state index contributed by atoms with van der Waals surface area (Å²) in [6.07, 6.45) is 4.10. The van der Waals surface area contributed by atoms with Gasteiger partial charge in [-0.15, -0.1) is 10.2 Å². The molecule has 3 aromatic rings. The molecule has 1 aliphatic heterocycles. The second kappa shape index (κ2) is 7.80. The summed E-state index contributed by atoms with van der Waals surface area (Å²) in [5.74, 6) is 2.06. The van der Waals surface area contributed by atoms with Crippen LogP contribution in [0.3, 0.4) is 0 Å². The molecule has 6 nitrogen and oxygen atoms in total. The Bertz CT molecular complexity index is 997. The third-order valence-electron chi connectivity index (χ3n) is 6.56. The van der Waals surface area contributed by atoms with Crippen molar-refractivity contribution in [3.8, 4) is 11.4 Å². The number of anilines is 1. The zero-order chi connectivity index (χ0) is 20.7. The molecule has 0 radical (unpaired) electrons. The van der Waals surface area contributed by atoms with Crippen LogP contribution in [0.15, 0.2) is 42.6 Å². The molecule has 2 aliphatic rings. The number of nitrogens with one attached hydrogen (secondary N) is 1. The van der Waals surface area contributed by atoms with Crippen molar-refractivity contribution in [1.29, 1.82) is 0 Å². The van der Waals surface area contributed by atoms with Crippen LogP contribution in [0, 0.1) is 24.6 Å². The van der Waals surface area contributed by atoms with Gasteiger partial charge in [-0.25, -0.2) is 4.39 Å². The Morgan fingerprint density at radius 2 is 1.83 bits per heavy atom. The largest absolute Gasteiger partial charge is 0.366 e. The number of hydrogen-bond acceptors (Lipinski definition) is 5. The maximum atomic E-state index is 13.9. The molecule has 2 fully saturated rings. The van der Waals surface area contributed by atoms with Crippen LogP contribution in [0.4, 0.5) is 10.2 Å². The predicted octanol–water partition coefficient (Wildman–Crippen LogP) is 3.65. The average Bonchev–Trinajstić information content (AvgIpc) is 3.37. The summed E-state index contributed by atoms with van der Waals surface area (Å²) in [6.45, 7) is 4.82. The van der Waals surface area contributed by atoms with E-state index in [1.54, 1.807) is 12.1 Å². The normalized spacial score (nSPS) is 23.6. The molecule has 3 heterocycles. The molecule has 0 unspecified atom stereocenters. The number of nitrogens with zero attached hydrogens (tertiary/aromatic N) is 5. The summed E-state index contributed by atoms with van der Waals surface area (Å²) in [7, 11) is 1.92. The SMILES string of the molecule is Cc1cnn(C)c1-c1ccc(N[C@@H]2C[C@@H]3CN(Cc4ccccc4F)C[C@@H]3C2)nn1. The van der Waals surface area contributed by atoms with Gasteiger partial charge in [0.2, 0.25) is 0 Å². The van der Waals surface area contributed by atoms with Crippen LogP contribution in [0.2, 0.25) is 0 Å². The molecule has 1 saturated carbocycles. The van der Waals surface area contributed by atoms with Gasteiger partial charge in [-0.3, -0.25) is 9.58 Å². The Kier molecular flexibility index (Phi) is 4.98. The quantitative estimate of drug-likeness (QED) is 0.701. The van der Waals surface area contributed by atoms with E-state index in [1.807, 2.05) is 49.1 Å². The molecule has 156 valence electrons. The molecular formula is C23H27FN6. The summed E-state index contributed by atoms with van der Waals surface area (Å²) in [4.78, 5) is 2.40. The number of rotatable bonds is 5. The van der Waals surface area contributed by atoms with E-state index in [9.17, 15) is 4.39 Å². The second-order valence-corrected chi connectivity index (χ2v) is 8.72. The lowest BCUT2D eigenvalue weighted by atomic mass is 10.0. The zero-order valence-electron chi connectivity index (χ0n) is 17.4. The molecular weight excluding hydrogens is 379 g/mol. The Morgan fingerprint density at radius 1 is 1.07 bits per heavy atom. The number of aryl methyl sites for hydroxylation is 2. The molecule has 30 heavy (non-hydrogen) atoms. The summed E-state index contributed by atoms with van der Waals surface area (Å²) >= 11 is 0. The van der Waals surface area contributed by atoms with E-state index in [-0.39, 0.29) is 5.82 Å². The molecule has 1 N–H and O–H groups in total. The van der Waals surface area contributed by atoms with E-state index < -0.39 is 0 Å². The van der Waals surface area contributed by atoms with Crippen molar-refractivity contribution in [2.24, 2.45) is 18.9 Å². The van der Waals surface area contributed by atoms with Crippen molar-refractivity contribution in [1.82, 2.24) is 24.9 Å². The fourth-order valence-corrected chi connectivity index (χ4v) is 5.17. The van der Waals surface area contributed by atoms with Gasteiger partial charge in [-0.1, -0.05) is 18.2 Å². The molecule has 0 bridgehead atoms. The number of likely N-dealkylation sites (tertiary alicyclic amines) is 1. The first-order valence-corrected chi connectivity index (χ1v) is 10.6. The Hall–Kier alpha value is -2.80. The van der Waals surface area contributed by atoms with Crippen LogP contribution in [0.25, 0.3) is 11.4 Å². The molecule has 1 aromatic carbocycles. The fourth-order valence-electron chi connectivity index (χ4n) is 5.17. The van der Waals surface area contributed by atoms with Gasteiger partial charge in [0.05, 0.1) is 11.9 Å². The number of benzene rings is 1. The van der Waals surface area contributed by atoms with Crippen molar-refractivity contribution in [2.45, 2.75) is 32.4 Å². The highest BCUT2D eigenvalue weighted by Gasteiger charge is 2.40. The number of fused-ring (bicyclic) bond motifs is 1. The van der Waals surface area contributed by atoms with Crippen LogP contribution in [-0.2, 0) is 13.6 Å².